The van der Waals surface area contributed by atoms with Crippen LogP contribution in [0.4, 0.5) is 0 Å². The first-order valence-electron chi connectivity index (χ1n) is 10.0. The van der Waals surface area contributed by atoms with E-state index in [1.54, 1.807) is 25.3 Å². The van der Waals surface area contributed by atoms with Crippen molar-refractivity contribution in [3.05, 3.63) is 28.1 Å². The van der Waals surface area contributed by atoms with Gasteiger partial charge in [0.2, 0.25) is 5.91 Å². The molecule has 1 aromatic carbocycles. The second-order valence-corrected chi connectivity index (χ2v) is 9.46. The monoisotopic (exact) mass is 497 g/mol. The third-order valence-corrected chi connectivity index (χ3v) is 6.79. The average Bonchev–Trinajstić information content (AvgIpc) is 3.09. The minimum Gasteiger partial charge on any atom is -0.497 e. The number of halogens is 1. The summed E-state index contributed by atoms with van der Waals surface area (Å²) in [5.41, 5.74) is 0. The van der Waals surface area contributed by atoms with Gasteiger partial charge in [-0.1, -0.05) is 25.4 Å². The third kappa shape index (κ3) is 5.48. The normalized spacial score (nSPS) is 16.1. The molecule has 1 aromatic heterocycles. The fraction of sp³-hybridized carbons (Fsp3) is 0.429. The fourth-order valence-corrected chi connectivity index (χ4v) is 4.93. The summed E-state index contributed by atoms with van der Waals surface area (Å²) >= 11 is 13.0. The van der Waals surface area contributed by atoms with Crippen LogP contribution in [0, 0.1) is 5.92 Å². The van der Waals surface area contributed by atoms with Gasteiger partial charge in [-0.05, 0) is 36.3 Å². The minimum absolute atomic E-state index is 0.0533. The molecule has 1 unspecified atom stereocenters. The molecule has 2 heterocycles. The zero-order chi connectivity index (χ0) is 23.4. The highest BCUT2D eigenvalue weighted by molar-refractivity contribution is 7.80. The van der Waals surface area contributed by atoms with E-state index in [0.717, 1.165) is 10.1 Å². The predicted molar refractivity (Wildman–Crippen MR) is 127 cm³/mol. The van der Waals surface area contributed by atoms with Gasteiger partial charge in [-0.25, -0.2) is 0 Å². The van der Waals surface area contributed by atoms with Crippen LogP contribution in [0.5, 0.6) is 5.75 Å². The molecule has 0 spiro atoms. The maximum absolute atomic E-state index is 12.9. The van der Waals surface area contributed by atoms with Gasteiger partial charge in [0.25, 0.3) is 5.91 Å². The van der Waals surface area contributed by atoms with Crippen LogP contribution >= 0.6 is 35.2 Å². The molecule has 11 heteroatoms. The Morgan fingerprint density at radius 1 is 1.41 bits per heavy atom. The molecule has 2 amide bonds. The van der Waals surface area contributed by atoms with E-state index in [9.17, 15) is 14.4 Å². The number of hydrogen-bond donors (Lipinski definition) is 2. The number of benzene rings is 1. The van der Waals surface area contributed by atoms with E-state index in [4.69, 9.17) is 33.3 Å². The Bertz CT molecular complexity index is 1060. The number of methoxy groups -OCH3 is 1. The van der Waals surface area contributed by atoms with Gasteiger partial charge in [-0.2, -0.15) is 0 Å². The number of rotatable bonds is 6. The number of piperazine rings is 1. The van der Waals surface area contributed by atoms with Crippen LogP contribution in [-0.4, -0.2) is 60.6 Å². The van der Waals surface area contributed by atoms with E-state index < -0.39 is 17.9 Å². The molecule has 1 aliphatic heterocycles. The molecule has 8 nitrogen and oxygen atoms in total. The maximum Gasteiger partial charge on any atom is 0.308 e. The number of thiocarbonyl (C=S) groups is 1. The van der Waals surface area contributed by atoms with Crippen LogP contribution in [0.1, 0.15) is 29.9 Å². The van der Waals surface area contributed by atoms with Crippen LogP contribution in [0.3, 0.4) is 0 Å². The Morgan fingerprint density at radius 2 is 2.16 bits per heavy atom. The van der Waals surface area contributed by atoms with Crippen molar-refractivity contribution in [2.45, 2.75) is 26.3 Å². The summed E-state index contributed by atoms with van der Waals surface area (Å²) in [4.78, 5) is 39.3. The number of fused-ring (bicyclic) bond motifs is 1. The van der Waals surface area contributed by atoms with Gasteiger partial charge < -0.3 is 19.7 Å². The van der Waals surface area contributed by atoms with E-state index in [1.165, 1.54) is 16.2 Å². The van der Waals surface area contributed by atoms with Crippen molar-refractivity contribution in [2.24, 2.45) is 5.92 Å². The van der Waals surface area contributed by atoms with Crippen molar-refractivity contribution >= 4 is 68.1 Å². The molecular formula is C21H24ClN3O5S2. The lowest BCUT2D eigenvalue weighted by Gasteiger charge is -2.36. The first-order valence-corrected chi connectivity index (χ1v) is 11.6. The third-order valence-electron chi connectivity index (χ3n) is 4.79. The lowest BCUT2D eigenvalue weighted by atomic mass is 10.1. The number of nitrogens with one attached hydrogen (secondary N) is 2. The van der Waals surface area contributed by atoms with Crippen molar-refractivity contribution in [3.63, 3.8) is 0 Å². The smallest absolute Gasteiger partial charge is 0.308 e. The molecule has 0 saturated carbocycles. The molecule has 0 bridgehead atoms. The predicted octanol–water partition coefficient (Wildman–Crippen LogP) is 2.97. The standard InChI is InChI=1S/C21H24ClN3O5S2/c1-11(2)10-30-16(26)9-14-19(27)23-6-7-25(14)21(31)24-20(28)18-17(22)13-5-4-12(29-3)8-15(13)32-18/h4-5,8,11,14H,6-7,9-10H2,1-3H3,(H,23,27)(H,24,28,31). The van der Waals surface area contributed by atoms with Gasteiger partial charge in [0.15, 0.2) is 5.11 Å². The number of hydrogen-bond acceptors (Lipinski definition) is 7. The summed E-state index contributed by atoms with van der Waals surface area (Å²) in [5.74, 6) is -0.485. The molecule has 3 rings (SSSR count). The van der Waals surface area contributed by atoms with Gasteiger partial charge in [-0.15, -0.1) is 11.3 Å². The Kier molecular flexibility index (Phi) is 7.91. The van der Waals surface area contributed by atoms with E-state index >= 15 is 0 Å². The number of esters is 1. The lowest BCUT2D eigenvalue weighted by molar-refractivity contribution is -0.148. The number of carbonyl (C=O) groups is 3. The number of thiophene rings is 1. The molecule has 0 radical (unpaired) electrons. The van der Waals surface area contributed by atoms with Crippen molar-refractivity contribution in [1.29, 1.82) is 0 Å². The summed E-state index contributed by atoms with van der Waals surface area (Å²) in [6, 6.07) is 4.49. The molecule has 172 valence electrons. The lowest BCUT2D eigenvalue weighted by Crippen LogP contribution is -2.60. The zero-order valence-electron chi connectivity index (χ0n) is 17.9. The van der Waals surface area contributed by atoms with Gasteiger partial charge >= 0.3 is 5.97 Å². The van der Waals surface area contributed by atoms with Crippen molar-refractivity contribution in [3.8, 4) is 5.75 Å². The zero-order valence-corrected chi connectivity index (χ0v) is 20.3. The van der Waals surface area contributed by atoms with Crippen molar-refractivity contribution in [2.75, 3.05) is 26.8 Å². The summed E-state index contributed by atoms with van der Waals surface area (Å²) in [6.07, 6.45) is -0.169. The molecule has 1 saturated heterocycles. The molecule has 0 aliphatic carbocycles. The largest absolute Gasteiger partial charge is 0.497 e. The highest BCUT2D eigenvalue weighted by atomic mass is 35.5. The highest BCUT2D eigenvalue weighted by Crippen LogP contribution is 2.37. The first-order chi connectivity index (χ1) is 15.2. The van der Waals surface area contributed by atoms with E-state index in [1.807, 2.05) is 13.8 Å². The van der Waals surface area contributed by atoms with Crippen molar-refractivity contribution < 1.29 is 23.9 Å². The molecule has 2 N–H and O–H groups in total. The van der Waals surface area contributed by atoms with Crippen molar-refractivity contribution in [1.82, 2.24) is 15.5 Å². The molecule has 1 atom stereocenters. The molecule has 1 fully saturated rings. The van der Waals surface area contributed by atoms with Crippen LogP contribution in [0.25, 0.3) is 10.1 Å². The number of amides is 2. The van der Waals surface area contributed by atoms with Gasteiger partial charge in [0.05, 0.1) is 25.2 Å². The van der Waals surface area contributed by atoms with Crippen LogP contribution in [0.2, 0.25) is 5.02 Å². The Hall–Kier alpha value is -2.43. The highest BCUT2D eigenvalue weighted by Gasteiger charge is 2.34. The second kappa shape index (κ2) is 10.5. The van der Waals surface area contributed by atoms with E-state index in [-0.39, 0.29) is 30.0 Å². The average molecular weight is 498 g/mol. The van der Waals surface area contributed by atoms with E-state index in [0.29, 0.717) is 28.7 Å². The SMILES string of the molecule is COc1ccc2c(Cl)c(C(=O)NC(=S)N3CCNC(=O)C3CC(=O)OCC(C)C)sc2c1. The topological polar surface area (TPSA) is 97.0 Å². The van der Waals surface area contributed by atoms with Gasteiger partial charge in [0, 0.05) is 23.2 Å². The molecular weight excluding hydrogens is 474 g/mol. The Balaban J connectivity index is 1.73. The van der Waals surface area contributed by atoms with E-state index in [2.05, 4.69) is 10.6 Å². The molecule has 1 aliphatic rings. The quantitative estimate of drug-likeness (QED) is 0.467. The number of nitrogens with zero attached hydrogens (tertiary/aromatic N) is 1. The number of carbonyl (C=O) groups excluding carboxylic acids is 3. The van der Waals surface area contributed by atoms with Gasteiger partial charge in [0.1, 0.15) is 16.7 Å². The molecule has 32 heavy (non-hydrogen) atoms. The summed E-state index contributed by atoms with van der Waals surface area (Å²) < 4.78 is 11.2. The van der Waals surface area contributed by atoms with Crippen LogP contribution in [0.15, 0.2) is 18.2 Å². The first kappa shape index (κ1) is 24.2. The minimum atomic E-state index is -0.863. The summed E-state index contributed by atoms with van der Waals surface area (Å²) in [5, 5.41) is 6.47. The fourth-order valence-electron chi connectivity index (χ4n) is 3.18. The maximum atomic E-state index is 12.9. The molecule has 2 aromatic rings. The van der Waals surface area contributed by atoms with Gasteiger partial charge in [-0.3, -0.25) is 19.7 Å². The van der Waals surface area contributed by atoms with Crippen LogP contribution in [-0.2, 0) is 14.3 Å². The number of ether oxygens (including phenoxy) is 2. The second-order valence-electron chi connectivity index (χ2n) is 7.65. The Labute approximate surface area is 200 Å². The summed E-state index contributed by atoms with van der Waals surface area (Å²) in [6.45, 7) is 4.81. The summed E-state index contributed by atoms with van der Waals surface area (Å²) in [7, 11) is 1.56. The Morgan fingerprint density at radius 3 is 2.84 bits per heavy atom. The van der Waals surface area contributed by atoms with Crippen LogP contribution < -0.4 is 15.4 Å².